The van der Waals surface area contributed by atoms with Crippen molar-refractivity contribution in [1.29, 1.82) is 0 Å². The SMILES string of the molecule is CCC(=O)C#C[Si](C)(C)C.CCC(=O)Cl.COC(=O)CCC(=O)C#C[Si](C)(C)C.COC(=O)CCC(=O)Cl.COC(=O)CCCC(=O)C#C[Si](C)(C)C.COC(=O)CCCC(=O)Cl.C[Si](C)(C)C#C[Si](C)(C)C.C[Si](C)(C)C#C[Si](C)(C)C.C[Si](C)(C)C#C[Si](C)(C)C. The number of hydrogen-bond donors (Lipinski definition) is 0. The lowest BCUT2D eigenvalue weighted by Crippen LogP contribution is -2.22. The third kappa shape index (κ3) is 137. The molecular formula is C67H123Cl3O14Si9. The number of carbonyl (C=O) groups excluding carboxylic acids is 10. The summed E-state index contributed by atoms with van der Waals surface area (Å²) in [4.78, 5) is 105. The van der Waals surface area contributed by atoms with Crippen LogP contribution in [-0.4, -0.2) is 158 Å². The third-order valence-electron chi connectivity index (χ3n) is 8.30. The van der Waals surface area contributed by atoms with Crippen molar-refractivity contribution in [2.24, 2.45) is 0 Å². The first-order chi connectivity index (χ1) is 41.4. The fourth-order valence-corrected chi connectivity index (χ4v) is 14.5. The van der Waals surface area contributed by atoms with E-state index in [1.165, 1.54) is 28.4 Å². The topological polar surface area (TPSA) is 208 Å². The zero-order valence-corrected chi connectivity index (χ0v) is 75.1. The van der Waals surface area contributed by atoms with Gasteiger partial charge < -0.3 is 18.9 Å². The van der Waals surface area contributed by atoms with Crippen LogP contribution >= 0.6 is 34.8 Å². The maximum absolute atomic E-state index is 11.3. The van der Waals surface area contributed by atoms with E-state index >= 15 is 0 Å². The van der Waals surface area contributed by atoms with E-state index in [0.717, 1.165) is 0 Å². The van der Waals surface area contributed by atoms with Gasteiger partial charge in [0.1, 0.15) is 72.7 Å². The molecule has 26 heteroatoms. The molecule has 0 bridgehead atoms. The smallest absolute Gasteiger partial charge is 0.305 e. The summed E-state index contributed by atoms with van der Waals surface area (Å²) in [7, 11) is -5.60. The molecule has 93 heavy (non-hydrogen) atoms. The van der Waals surface area contributed by atoms with Crippen molar-refractivity contribution < 1.29 is 66.9 Å². The highest BCUT2D eigenvalue weighted by molar-refractivity contribution is 6.91. The lowest BCUT2D eigenvalue weighted by Gasteiger charge is -2.08. The Balaban J connectivity index is -0.000000123. The number of halogens is 3. The average molecular weight is 1510 g/mol. The zero-order chi connectivity index (χ0) is 76.1. The third-order valence-corrected chi connectivity index (χ3v) is 17.6. The van der Waals surface area contributed by atoms with Crippen molar-refractivity contribution >= 4 is 164 Å². The molecule has 0 rings (SSSR count). The molecule has 0 aliphatic carbocycles. The molecule has 0 amide bonds. The van der Waals surface area contributed by atoms with Crippen molar-refractivity contribution in [2.75, 3.05) is 28.4 Å². The van der Waals surface area contributed by atoms with E-state index in [1.54, 1.807) is 6.92 Å². The first-order valence-corrected chi connectivity index (χ1v) is 63.6. The second kappa shape index (κ2) is 57.2. The summed E-state index contributed by atoms with van der Waals surface area (Å²) in [5.41, 5.74) is 29.4. The van der Waals surface area contributed by atoms with Gasteiger partial charge in [-0.15, -0.1) is 49.9 Å². The van der Waals surface area contributed by atoms with E-state index < -0.39 is 89.1 Å². The van der Waals surface area contributed by atoms with Crippen LogP contribution in [0.4, 0.5) is 0 Å². The minimum atomic E-state index is -1.48. The van der Waals surface area contributed by atoms with Gasteiger partial charge in [-0.25, -0.2) is 0 Å². The normalized spacial score (nSPS) is 10.4. The molecule has 532 valence electrons. The van der Waals surface area contributed by atoms with E-state index in [-0.39, 0.29) is 85.4 Å². The van der Waals surface area contributed by atoms with Gasteiger partial charge in [-0.3, -0.25) is 47.9 Å². The number of rotatable bonds is 16. The van der Waals surface area contributed by atoms with E-state index in [9.17, 15) is 47.9 Å². The van der Waals surface area contributed by atoms with Crippen molar-refractivity contribution in [1.82, 2.24) is 0 Å². The molecule has 0 atom stereocenters. The van der Waals surface area contributed by atoms with Gasteiger partial charge in [0.15, 0.2) is 0 Å². The van der Waals surface area contributed by atoms with E-state index in [4.69, 9.17) is 34.8 Å². The molecule has 0 saturated heterocycles. The van der Waals surface area contributed by atoms with E-state index in [2.05, 4.69) is 263 Å². The number of hydrogen-bond acceptors (Lipinski definition) is 14. The fourth-order valence-electron chi connectivity index (χ4n) is 3.70. The van der Waals surface area contributed by atoms with Gasteiger partial charge in [-0.05, 0) is 65.4 Å². The van der Waals surface area contributed by atoms with Gasteiger partial charge in [-0.1, -0.05) is 191 Å². The molecule has 0 saturated carbocycles. The van der Waals surface area contributed by atoms with Crippen LogP contribution in [0.15, 0.2) is 0 Å². The number of Topliss-reactive ketones (excluding diaryl/α,β-unsaturated/α-hetero) is 3. The molecular weight excluding hydrogens is 1390 g/mol. The summed E-state index contributed by atoms with van der Waals surface area (Å²) in [5, 5.41) is -1.20. The first-order valence-electron chi connectivity index (χ1n) is 31.0. The standard InChI is InChI=1S/C11H18O3Si.C10H16O3Si.C8H14OSi.3C8H18Si2.C6H9ClO3.C5H7ClO3.C3H5ClO/c1-14-11(13)7-5-6-10(12)8-9-15(2,3)4;1-13-10(12)6-5-9(11)7-8-14(2,3)4;1-5-8(9)6-7-10(2,3)4;3*1-9(2,3)7-8-10(4,5)6;1-10-6(9)4-2-3-5(7)8;1-9-5(8)3-2-4(6)7;1-2-3(4)5/h5-7H2,1-4H3;5-6H2,1-4H3;5H2,1-4H3;3*1-6H3;2-4H2,1H3;2-3H2,1H3;2H2,1H3. The van der Waals surface area contributed by atoms with Crippen LogP contribution < -0.4 is 0 Å². The van der Waals surface area contributed by atoms with Crippen molar-refractivity contribution in [3.05, 3.63) is 0 Å². The molecule has 0 N–H and O–H groups in total. The van der Waals surface area contributed by atoms with Gasteiger partial charge in [0.25, 0.3) is 0 Å². The second-order valence-corrected chi connectivity index (χ2v) is 73.8. The molecule has 14 nitrogen and oxygen atoms in total. The molecule has 0 spiro atoms. The number of carbonyl (C=O) groups is 10. The maximum Gasteiger partial charge on any atom is 0.305 e. The molecule has 0 fully saturated rings. The number of ether oxygens (including phenoxy) is 4. The summed E-state index contributed by atoms with van der Waals surface area (Å²) in [6.07, 6.45) is 3.47. The van der Waals surface area contributed by atoms with Crippen LogP contribution in [0.25, 0.3) is 0 Å². The molecule has 0 aliphatic heterocycles. The molecule has 0 aromatic carbocycles. The molecule has 0 aliphatic rings. The summed E-state index contributed by atoms with van der Waals surface area (Å²) in [5.74, 6) is 6.28. The second-order valence-electron chi connectivity index (χ2n) is 29.8. The first kappa shape index (κ1) is 108. The Morgan fingerprint density at radius 2 is 0.441 bits per heavy atom. The van der Waals surface area contributed by atoms with Gasteiger partial charge in [0.2, 0.25) is 33.1 Å². The van der Waals surface area contributed by atoms with Crippen molar-refractivity contribution in [3.63, 3.8) is 0 Å². The zero-order valence-electron chi connectivity index (χ0n) is 63.8. The van der Waals surface area contributed by atoms with Gasteiger partial charge in [0.05, 0.1) is 41.3 Å². The molecule has 0 aromatic heterocycles. The monoisotopic (exact) mass is 1510 g/mol. The maximum atomic E-state index is 11.3. The largest absolute Gasteiger partial charge is 0.469 e. The summed E-state index contributed by atoms with van der Waals surface area (Å²) in [6, 6.07) is 0. The Hall–Kier alpha value is -3.92. The summed E-state index contributed by atoms with van der Waals surface area (Å²) in [6.45, 7) is 63.6. The number of ketones is 3. The van der Waals surface area contributed by atoms with Gasteiger partial charge >= 0.3 is 23.9 Å². The Kier molecular flexibility index (Phi) is 66.3. The molecule has 0 unspecified atom stereocenters. The Morgan fingerprint density at radius 3 is 0.634 bits per heavy atom. The molecule has 0 aromatic rings. The van der Waals surface area contributed by atoms with Crippen LogP contribution in [0.3, 0.4) is 0 Å². The van der Waals surface area contributed by atoms with Crippen molar-refractivity contribution in [3.8, 4) is 67.7 Å². The van der Waals surface area contributed by atoms with E-state index in [0.29, 0.717) is 32.1 Å². The quantitative estimate of drug-likeness (QED) is 0.0463. The van der Waals surface area contributed by atoms with Crippen LogP contribution in [0.2, 0.25) is 177 Å². The van der Waals surface area contributed by atoms with Crippen LogP contribution in [0.1, 0.15) is 90.9 Å². The highest BCUT2D eigenvalue weighted by Gasteiger charge is 2.16. The predicted octanol–water partition coefficient (Wildman–Crippen LogP) is 16.2. The number of esters is 4. The Labute approximate surface area is 590 Å². The molecule has 0 heterocycles. The van der Waals surface area contributed by atoms with Crippen LogP contribution in [0, 0.1) is 67.7 Å². The highest BCUT2D eigenvalue weighted by Crippen LogP contribution is 2.06. The average Bonchev–Trinajstić information content (AvgIpc) is 2.05. The summed E-state index contributed by atoms with van der Waals surface area (Å²) >= 11 is 14.8. The lowest BCUT2D eigenvalue weighted by atomic mass is 10.2. The minimum Gasteiger partial charge on any atom is -0.469 e. The predicted molar refractivity (Wildman–Crippen MR) is 419 cm³/mol. The molecule has 0 radical (unpaired) electrons. The van der Waals surface area contributed by atoms with Crippen molar-refractivity contribution in [2.45, 2.75) is 268 Å². The van der Waals surface area contributed by atoms with Crippen LogP contribution in [-0.2, 0) is 66.9 Å². The Morgan fingerprint density at radius 1 is 0.247 bits per heavy atom. The minimum absolute atomic E-state index is 0.0498. The number of methoxy groups -OCH3 is 4. The Bertz CT molecular complexity index is 2520. The summed E-state index contributed by atoms with van der Waals surface area (Å²) < 4.78 is 17.5. The fraction of sp³-hybridized carbons (Fsp3) is 0.672. The lowest BCUT2D eigenvalue weighted by molar-refractivity contribution is -0.142. The van der Waals surface area contributed by atoms with Gasteiger partial charge in [0, 0.05) is 51.4 Å². The van der Waals surface area contributed by atoms with E-state index in [1.807, 2.05) is 6.92 Å². The van der Waals surface area contributed by atoms with Gasteiger partial charge in [-0.2, -0.15) is 0 Å². The highest BCUT2D eigenvalue weighted by atomic mass is 35.5. The van der Waals surface area contributed by atoms with Crippen LogP contribution in [0.5, 0.6) is 0 Å².